The molecule has 3 aromatic carbocycles. The Morgan fingerprint density at radius 2 is 1.46 bits per heavy atom. The molecule has 4 aromatic rings. The lowest BCUT2D eigenvalue weighted by Crippen LogP contribution is -2.37. The fourth-order valence-electron chi connectivity index (χ4n) is 3.66. The second kappa shape index (κ2) is 11.1. The number of nitrogens with zero attached hydrogens (tertiary/aromatic N) is 6. The van der Waals surface area contributed by atoms with Crippen molar-refractivity contribution in [3.63, 3.8) is 0 Å². The van der Waals surface area contributed by atoms with Crippen LogP contribution in [0.25, 0.3) is 0 Å². The van der Waals surface area contributed by atoms with Crippen molar-refractivity contribution in [1.82, 2.24) is 15.0 Å². The molecule has 0 saturated carbocycles. The van der Waals surface area contributed by atoms with Gasteiger partial charge in [0, 0.05) is 28.9 Å². The maximum atomic E-state index is 5.52. The third kappa shape index (κ3) is 5.82. The molecule has 0 bridgehead atoms. The van der Waals surface area contributed by atoms with Gasteiger partial charge in [-0.05, 0) is 42.0 Å². The van der Waals surface area contributed by atoms with Crippen LogP contribution in [0.4, 0.5) is 29.2 Å². The van der Waals surface area contributed by atoms with Gasteiger partial charge < -0.3 is 9.64 Å². The lowest BCUT2D eigenvalue weighted by Gasteiger charge is -2.28. The van der Waals surface area contributed by atoms with E-state index in [1.807, 2.05) is 89.8 Å². The van der Waals surface area contributed by atoms with Gasteiger partial charge in [0.2, 0.25) is 17.8 Å². The topological polar surface area (TPSA) is 78.8 Å². The third-order valence-corrected chi connectivity index (χ3v) is 5.91. The molecular formula is C26H24BrN7O. The van der Waals surface area contributed by atoms with Gasteiger partial charge in [0.25, 0.3) is 0 Å². The molecule has 1 aliphatic heterocycles. The summed E-state index contributed by atoms with van der Waals surface area (Å²) in [7, 11) is 0. The van der Waals surface area contributed by atoms with E-state index in [2.05, 4.69) is 36.3 Å². The Kier molecular flexibility index (Phi) is 7.26. The van der Waals surface area contributed by atoms with E-state index in [1.165, 1.54) is 0 Å². The first-order chi connectivity index (χ1) is 17.3. The van der Waals surface area contributed by atoms with Gasteiger partial charge in [-0.3, -0.25) is 4.90 Å². The molecule has 1 fully saturated rings. The van der Waals surface area contributed by atoms with E-state index in [0.717, 1.165) is 21.4 Å². The number of nitrogens with one attached hydrogen (secondary N) is 1. The predicted octanol–water partition coefficient (Wildman–Crippen LogP) is 5.39. The second-order valence-electron chi connectivity index (χ2n) is 7.79. The van der Waals surface area contributed by atoms with Crippen LogP contribution in [0.15, 0.2) is 94.5 Å². The van der Waals surface area contributed by atoms with Gasteiger partial charge in [-0.15, -0.1) is 0 Å². The minimum absolute atomic E-state index is 0.363. The Balaban J connectivity index is 1.53. The molecule has 1 N–H and O–H groups in total. The van der Waals surface area contributed by atoms with E-state index in [9.17, 15) is 0 Å². The Labute approximate surface area is 212 Å². The van der Waals surface area contributed by atoms with Crippen molar-refractivity contribution in [1.29, 1.82) is 0 Å². The normalized spacial score (nSPS) is 13.7. The summed E-state index contributed by atoms with van der Waals surface area (Å²) in [4.78, 5) is 18.4. The molecule has 1 saturated heterocycles. The molecule has 0 amide bonds. The van der Waals surface area contributed by atoms with E-state index < -0.39 is 0 Å². The molecule has 0 aliphatic carbocycles. The molecule has 0 radical (unpaired) electrons. The maximum absolute atomic E-state index is 5.52. The largest absolute Gasteiger partial charge is 0.378 e. The van der Waals surface area contributed by atoms with Gasteiger partial charge in [0.1, 0.15) is 0 Å². The van der Waals surface area contributed by atoms with E-state index in [4.69, 9.17) is 14.7 Å². The molecule has 5 rings (SSSR count). The van der Waals surface area contributed by atoms with E-state index in [1.54, 1.807) is 6.21 Å². The van der Waals surface area contributed by atoms with E-state index in [-0.39, 0.29) is 0 Å². The first kappa shape index (κ1) is 22.9. The van der Waals surface area contributed by atoms with Gasteiger partial charge in [-0.1, -0.05) is 64.5 Å². The summed E-state index contributed by atoms with van der Waals surface area (Å²) in [6, 6.07) is 28.0. The van der Waals surface area contributed by atoms with Crippen molar-refractivity contribution >= 4 is 51.4 Å². The van der Waals surface area contributed by atoms with Gasteiger partial charge in [-0.2, -0.15) is 20.1 Å². The molecule has 35 heavy (non-hydrogen) atoms. The van der Waals surface area contributed by atoms with Crippen LogP contribution in [-0.2, 0) is 4.74 Å². The Morgan fingerprint density at radius 1 is 0.829 bits per heavy atom. The van der Waals surface area contributed by atoms with Crippen LogP contribution in [0.5, 0.6) is 0 Å². The number of hydrogen-bond donors (Lipinski definition) is 1. The molecule has 0 atom stereocenters. The zero-order chi connectivity index (χ0) is 23.9. The van der Waals surface area contributed by atoms with Gasteiger partial charge >= 0.3 is 0 Å². The maximum Gasteiger partial charge on any atom is 0.250 e. The Bertz CT molecular complexity index is 1220. The summed E-state index contributed by atoms with van der Waals surface area (Å²) in [5, 5.41) is 4.37. The monoisotopic (exact) mass is 529 g/mol. The van der Waals surface area contributed by atoms with Crippen LogP contribution in [0.3, 0.4) is 0 Å². The van der Waals surface area contributed by atoms with Crippen molar-refractivity contribution in [3.8, 4) is 0 Å². The second-order valence-corrected chi connectivity index (χ2v) is 8.70. The number of halogens is 1. The van der Waals surface area contributed by atoms with E-state index >= 15 is 0 Å². The lowest BCUT2D eigenvalue weighted by molar-refractivity contribution is 0.122. The highest BCUT2D eigenvalue weighted by Gasteiger charge is 2.21. The number of rotatable bonds is 7. The number of para-hydroxylation sites is 2. The molecule has 176 valence electrons. The van der Waals surface area contributed by atoms with Gasteiger partial charge in [0.05, 0.1) is 19.4 Å². The first-order valence-corrected chi connectivity index (χ1v) is 12.1. The highest BCUT2D eigenvalue weighted by molar-refractivity contribution is 9.10. The summed E-state index contributed by atoms with van der Waals surface area (Å²) in [5.41, 5.74) is 5.85. The van der Waals surface area contributed by atoms with Crippen molar-refractivity contribution in [2.24, 2.45) is 5.10 Å². The Hall–Kier alpha value is -3.82. The summed E-state index contributed by atoms with van der Waals surface area (Å²) in [5.74, 6) is 1.44. The molecule has 9 heteroatoms. The number of ether oxygens (including phenoxy) is 1. The minimum atomic E-state index is 0.363. The summed E-state index contributed by atoms with van der Waals surface area (Å²) >= 11 is 3.45. The smallest absolute Gasteiger partial charge is 0.250 e. The summed E-state index contributed by atoms with van der Waals surface area (Å²) < 4.78 is 6.54. The van der Waals surface area contributed by atoms with Gasteiger partial charge in [-0.25, -0.2) is 5.43 Å². The van der Waals surface area contributed by atoms with Crippen LogP contribution >= 0.6 is 15.9 Å². The molecule has 1 aliphatic rings. The van der Waals surface area contributed by atoms with Crippen LogP contribution < -0.4 is 15.2 Å². The van der Waals surface area contributed by atoms with Crippen LogP contribution in [0.2, 0.25) is 0 Å². The van der Waals surface area contributed by atoms with Crippen LogP contribution in [0, 0.1) is 0 Å². The number of aromatic nitrogens is 3. The average Bonchev–Trinajstić information content (AvgIpc) is 2.92. The SMILES string of the molecule is Brc1ccc(/C=N\Nc2nc(N3CCOCC3)nc(N(c3ccccc3)c3ccccc3)n2)cc1. The van der Waals surface area contributed by atoms with Crippen molar-refractivity contribution in [3.05, 3.63) is 95.0 Å². The molecular weight excluding hydrogens is 506 g/mol. The molecule has 0 unspecified atom stereocenters. The fourth-order valence-corrected chi connectivity index (χ4v) is 3.92. The average molecular weight is 530 g/mol. The number of hydrazone groups is 1. The molecule has 8 nitrogen and oxygen atoms in total. The first-order valence-electron chi connectivity index (χ1n) is 11.3. The molecule has 1 aromatic heterocycles. The third-order valence-electron chi connectivity index (χ3n) is 5.38. The highest BCUT2D eigenvalue weighted by atomic mass is 79.9. The van der Waals surface area contributed by atoms with Crippen molar-refractivity contribution in [2.75, 3.05) is 41.5 Å². The Morgan fingerprint density at radius 3 is 2.09 bits per heavy atom. The molecule has 2 heterocycles. The molecule has 0 spiro atoms. The highest BCUT2D eigenvalue weighted by Crippen LogP contribution is 2.33. The van der Waals surface area contributed by atoms with Gasteiger partial charge in [0.15, 0.2) is 0 Å². The fraction of sp³-hybridized carbons (Fsp3) is 0.154. The van der Waals surface area contributed by atoms with Crippen molar-refractivity contribution < 1.29 is 4.74 Å². The number of morpholine rings is 1. The standard InChI is InChI=1S/C26H24BrN7O/c27-21-13-11-20(12-14-21)19-28-32-24-29-25(33-15-17-35-18-16-33)31-26(30-24)34(22-7-3-1-4-8-22)23-9-5-2-6-10-23/h1-14,19H,15-18H2,(H,29,30,31,32)/b28-19-. The lowest BCUT2D eigenvalue weighted by atomic mass is 10.2. The zero-order valence-corrected chi connectivity index (χ0v) is 20.5. The number of benzene rings is 3. The number of anilines is 5. The summed E-state index contributed by atoms with van der Waals surface area (Å²) in [6.45, 7) is 2.68. The van der Waals surface area contributed by atoms with Crippen LogP contribution in [0.1, 0.15) is 5.56 Å². The van der Waals surface area contributed by atoms with Crippen molar-refractivity contribution in [2.45, 2.75) is 0 Å². The number of hydrogen-bond acceptors (Lipinski definition) is 8. The predicted molar refractivity (Wildman–Crippen MR) is 143 cm³/mol. The quantitative estimate of drug-likeness (QED) is 0.254. The van der Waals surface area contributed by atoms with E-state index in [0.29, 0.717) is 44.1 Å². The summed E-state index contributed by atoms with van der Waals surface area (Å²) in [6.07, 6.45) is 1.73. The van der Waals surface area contributed by atoms with Crippen LogP contribution in [-0.4, -0.2) is 47.5 Å². The minimum Gasteiger partial charge on any atom is -0.378 e. The zero-order valence-electron chi connectivity index (χ0n) is 19.0.